The number of hydrogen-bond acceptors (Lipinski definition) is 1. The van der Waals surface area contributed by atoms with E-state index in [0.717, 1.165) is 6.42 Å². The summed E-state index contributed by atoms with van der Waals surface area (Å²) < 4.78 is 0. The third-order valence-corrected chi connectivity index (χ3v) is 5.95. The highest BCUT2D eigenvalue weighted by molar-refractivity contribution is 5.26. The van der Waals surface area contributed by atoms with E-state index in [1.807, 2.05) is 0 Å². The molecule has 0 aromatic heterocycles. The van der Waals surface area contributed by atoms with E-state index in [0.29, 0.717) is 11.8 Å². The van der Waals surface area contributed by atoms with Crippen molar-refractivity contribution < 1.29 is 5.11 Å². The molecule has 0 bridgehead atoms. The van der Waals surface area contributed by atoms with Gasteiger partial charge >= 0.3 is 0 Å². The molecule has 2 aliphatic rings. The zero-order chi connectivity index (χ0) is 13.7. The van der Waals surface area contributed by atoms with Gasteiger partial charge in [0.2, 0.25) is 0 Å². The van der Waals surface area contributed by atoms with E-state index in [4.69, 9.17) is 0 Å². The second-order valence-electron chi connectivity index (χ2n) is 7.59. The van der Waals surface area contributed by atoms with Gasteiger partial charge in [0.15, 0.2) is 0 Å². The van der Waals surface area contributed by atoms with E-state index in [2.05, 4.69) is 51.1 Å². The third-order valence-electron chi connectivity index (χ3n) is 5.95. The Morgan fingerprint density at radius 3 is 2.42 bits per heavy atom. The fourth-order valence-electron chi connectivity index (χ4n) is 5.33. The number of fused-ring (bicyclic) bond motifs is 1. The summed E-state index contributed by atoms with van der Waals surface area (Å²) in [5, 5.41) is 10.7. The summed E-state index contributed by atoms with van der Waals surface area (Å²) >= 11 is 0. The van der Waals surface area contributed by atoms with Gasteiger partial charge in [-0.15, -0.1) is 0 Å². The van der Waals surface area contributed by atoms with E-state index in [-0.39, 0.29) is 16.9 Å². The van der Waals surface area contributed by atoms with Crippen molar-refractivity contribution >= 4 is 0 Å². The van der Waals surface area contributed by atoms with E-state index < -0.39 is 0 Å². The molecule has 2 aliphatic carbocycles. The van der Waals surface area contributed by atoms with Gasteiger partial charge in [-0.3, -0.25) is 0 Å². The van der Waals surface area contributed by atoms with Gasteiger partial charge in [-0.05, 0) is 47.5 Å². The topological polar surface area (TPSA) is 20.2 Å². The molecular formula is C18H26O. The van der Waals surface area contributed by atoms with Crippen molar-refractivity contribution in [3.05, 3.63) is 35.9 Å². The molecule has 1 aromatic rings. The Morgan fingerprint density at radius 2 is 1.74 bits per heavy atom. The van der Waals surface area contributed by atoms with Gasteiger partial charge in [-0.1, -0.05) is 57.5 Å². The van der Waals surface area contributed by atoms with E-state index in [1.54, 1.807) is 0 Å². The fraction of sp³-hybridized carbons (Fsp3) is 0.667. The van der Waals surface area contributed by atoms with Crippen molar-refractivity contribution in [3.8, 4) is 0 Å². The molecule has 4 atom stereocenters. The Kier molecular flexibility index (Phi) is 3.01. The smallest absolute Gasteiger partial charge is 0.0585 e. The van der Waals surface area contributed by atoms with Crippen LogP contribution in [0.1, 0.15) is 57.9 Å². The lowest BCUT2D eigenvalue weighted by molar-refractivity contribution is -0.0397. The third kappa shape index (κ3) is 1.94. The molecule has 0 amide bonds. The van der Waals surface area contributed by atoms with Crippen LogP contribution < -0.4 is 0 Å². The highest BCUT2D eigenvalue weighted by Gasteiger charge is 2.58. The standard InChI is InChI=1S/C18H26O/c1-17(2)10-7-11-18(3)14(12-15(19)16(17)18)13-8-5-4-6-9-13/h4-6,8-9,14-16,19H,7,10-12H2,1-3H3/t14-,15+,16-,18-/m0/s1. The lowest BCUT2D eigenvalue weighted by Crippen LogP contribution is -2.44. The Balaban J connectivity index is 2.01. The molecule has 1 heteroatoms. The molecule has 2 saturated carbocycles. The molecule has 0 radical (unpaired) electrons. The van der Waals surface area contributed by atoms with Crippen molar-refractivity contribution in [2.24, 2.45) is 16.7 Å². The predicted molar refractivity (Wildman–Crippen MR) is 79.0 cm³/mol. The molecule has 0 spiro atoms. The van der Waals surface area contributed by atoms with Crippen LogP contribution in [-0.2, 0) is 0 Å². The number of benzene rings is 1. The van der Waals surface area contributed by atoms with Crippen molar-refractivity contribution in [3.63, 3.8) is 0 Å². The molecule has 104 valence electrons. The highest BCUT2D eigenvalue weighted by atomic mass is 16.3. The minimum Gasteiger partial charge on any atom is -0.393 e. The molecule has 0 heterocycles. The molecule has 19 heavy (non-hydrogen) atoms. The molecule has 0 unspecified atom stereocenters. The van der Waals surface area contributed by atoms with Crippen LogP contribution in [0.5, 0.6) is 0 Å². The number of aliphatic hydroxyl groups is 1. The van der Waals surface area contributed by atoms with Crippen molar-refractivity contribution in [2.45, 2.75) is 58.5 Å². The molecule has 2 fully saturated rings. The summed E-state index contributed by atoms with van der Waals surface area (Å²) in [7, 11) is 0. The average molecular weight is 258 g/mol. The first-order chi connectivity index (χ1) is 8.95. The first-order valence-corrected chi connectivity index (χ1v) is 7.68. The lowest BCUT2D eigenvalue weighted by atomic mass is 9.55. The van der Waals surface area contributed by atoms with Crippen LogP contribution >= 0.6 is 0 Å². The number of rotatable bonds is 1. The molecule has 0 saturated heterocycles. The van der Waals surface area contributed by atoms with Gasteiger partial charge in [0, 0.05) is 0 Å². The van der Waals surface area contributed by atoms with Gasteiger partial charge in [-0.25, -0.2) is 0 Å². The maximum Gasteiger partial charge on any atom is 0.0585 e. The summed E-state index contributed by atoms with van der Waals surface area (Å²) in [6, 6.07) is 10.8. The summed E-state index contributed by atoms with van der Waals surface area (Å²) in [5.41, 5.74) is 1.96. The zero-order valence-corrected chi connectivity index (χ0v) is 12.4. The first kappa shape index (κ1) is 13.2. The molecule has 1 nitrogen and oxygen atoms in total. The van der Waals surface area contributed by atoms with Gasteiger partial charge in [0.1, 0.15) is 0 Å². The average Bonchev–Trinajstić information content (AvgIpc) is 2.63. The maximum absolute atomic E-state index is 10.7. The monoisotopic (exact) mass is 258 g/mol. The lowest BCUT2D eigenvalue weighted by Gasteiger charge is -2.50. The minimum atomic E-state index is -0.134. The largest absolute Gasteiger partial charge is 0.393 e. The normalized spacial score (nSPS) is 40.9. The minimum absolute atomic E-state index is 0.134. The number of hydrogen-bond donors (Lipinski definition) is 1. The second-order valence-corrected chi connectivity index (χ2v) is 7.59. The molecule has 1 N–H and O–H groups in total. The summed E-state index contributed by atoms with van der Waals surface area (Å²) in [6.07, 6.45) is 4.62. The second kappa shape index (κ2) is 4.34. The maximum atomic E-state index is 10.7. The van der Waals surface area contributed by atoms with Crippen LogP contribution in [0.15, 0.2) is 30.3 Å². The summed E-state index contributed by atoms with van der Waals surface area (Å²) in [6.45, 7) is 7.13. The van der Waals surface area contributed by atoms with Crippen LogP contribution in [0, 0.1) is 16.7 Å². The summed E-state index contributed by atoms with van der Waals surface area (Å²) in [4.78, 5) is 0. The predicted octanol–water partition coefficient (Wildman–Crippen LogP) is 4.37. The van der Waals surface area contributed by atoms with Crippen molar-refractivity contribution in [2.75, 3.05) is 0 Å². The van der Waals surface area contributed by atoms with E-state index in [1.165, 1.54) is 24.8 Å². The first-order valence-electron chi connectivity index (χ1n) is 7.68. The Labute approximate surface area is 117 Å². The van der Waals surface area contributed by atoms with E-state index >= 15 is 0 Å². The van der Waals surface area contributed by atoms with Crippen LogP contribution in [-0.4, -0.2) is 11.2 Å². The molecule has 3 rings (SSSR count). The molecular weight excluding hydrogens is 232 g/mol. The van der Waals surface area contributed by atoms with Gasteiger partial charge in [0.05, 0.1) is 6.10 Å². The summed E-state index contributed by atoms with van der Waals surface area (Å²) in [5.74, 6) is 0.965. The van der Waals surface area contributed by atoms with Crippen LogP contribution in [0.2, 0.25) is 0 Å². The Bertz CT molecular complexity index is 450. The van der Waals surface area contributed by atoms with Crippen LogP contribution in [0.25, 0.3) is 0 Å². The number of aliphatic hydroxyl groups excluding tert-OH is 1. The highest BCUT2D eigenvalue weighted by Crippen LogP contribution is 2.64. The van der Waals surface area contributed by atoms with Gasteiger partial charge < -0.3 is 5.11 Å². The molecule has 1 aromatic carbocycles. The van der Waals surface area contributed by atoms with E-state index in [9.17, 15) is 5.11 Å². The Hall–Kier alpha value is -0.820. The quantitative estimate of drug-likeness (QED) is 0.793. The van der Waals surface area contributed by atoms with Crippen molar-refractivity contribution in [1.29, 1.82) is 0 Å². The van der Waals surface area contributed by atoms with Crippen LogP contribution in [0.3, 0.4) is 0 Å². The Morgan fingerprint density at radius 1 is 1.05 bits per heavy atom. The fourth-order valence-corrected chi connectivity index (χ4v) is 5.33. The van der Waals surface area contributed by atoms with Crippen molar-refractivity contribution in [1.82, 2.24) is 0 Å². The SMILES string of the molecule is CC1(C)CCC[C@@]2(C)[C@H](c3ccccc3)C[C@@H](O)[C@@H]12. The van der Waals surface area contributed by atoms with Crippen LogP contribution in [0.4, 0.5) is 0 Å². The van der Waals surface area contributed by atoms with Gasteiger partial charge in [0.25, 0.3) is 0 Å². The molecule has 0 aliphatic heterocycles. The van der Waals surface area contributed by atoms with Gasteiger partial charge in [-0.2, -0.15) is 0 Å². The zero-order valence-electron chi connectivity index (χ0n) is 12.4.